The van der Waals surface area contributed by atoms with Gasteiger partial charge in [-0.2, -0.15) is 0 Å². The van der Waals surface area contributed by atoms with Crippen molar-refractivity contribution >= 4 is 11.8 Å². The van der Waals surface area contributed by atoms with Gasteiger partial charge in [0.1, 0.15) is 6.04 Å². The Morgan fingerprint density at radius 3 is 2.18 bits per heavy atom. The zero-order valence-corrected chi connectivity index (χ0v) is 19.5. The number of carbonyl (C=O) groups is 2. The lowest BCUT2D eigenvalue weighted by molar-refractivity contribution is -0.123. The highest BCUT2D eigenvalue weighted by Gasteiger charge is 2.37. The number of hydrogen-bond donors (Lipinski definition) is 3. The van der Waals surface area contributed by atoms with Crippen molar-refractivity contribution in [1.82, 2.24) is 16.0 Å². The Labute approximate surface area is 202 Å². The molecule has 5 heteroatoms. The van der Waals surface area contributed by atoms with Crippen molar-refractivity contribution in [2.24, 2.45) is 0 Å². The van der Waals surface area contributed by atoms with E-state index in [4.69, 9.17) is 0 Å². The molecule has 34 heavy (non-hydrogen) atoms. The summed E-state index contributed by atoms with van der Waals surface area (Å²) in [6.07, 6.45) is 3.60. The lowest BCUT2D eigenvalue weighted by Crippen LogP contribution is -2.46. The van der Waals surface area contributed by atoms with Gasteiger partial charge in [0.25, 0.3) is 5.91 Å². The molecule has 0 spiro atoms. The number of hydrogen-bond acceptors (Lipinski definition) is 3. The first-order valence-electron chi connectivity index (χ1n) is 12.2. The first-order valence-corrected chi connectivity index (χ1v) is 12.2. The number of amides is 2. The van der Waals surface area contributed by atoms with Gasteiger partial charge in [0, 0.05) is 24.1 Å². The Balaban J connectivity index is 1.24. The summed E-state index contributed by atoms with van der Waals surface area (Å²) >= 11 is 0. The monoisotopic (exact) mass is 455 g/mol. The third-order valence-electron chi connectivity index (χ3n) is 6.31. The van der Waals surface area contributed by atoms with Crippen molar-refractivity contribution in [1.29, 1.82) is 0 Å². The van der Waals surface area contributed by atoms with Gasteiger partial charge >= 0.3 is 0 Å². The molecule has 176 valence electrons. The smallest absolute Gasteiger partial charge is 0.251 e. The summed E-state index contributed by atoms with van der Waals surface area (Å²) in [5, 5.41) is 9.55. The third-order valence-corrected chi connectivity index (χ3v) is 6.31. The van der Waals surface area contributed by atoms with Crippen molar-refractivity contribution < 1.29 is 9.59 Å². The quantitative estimate of drug-likeness (QED) is 0.354. The van der Waals surface area contributed by atoms with E-state index in [1.54, 1.807) is 12.1 Å². The number of unbranched alkanes of at least 4 members (excludes halogenated alkanes) is 1. The van der Waals surface area contributed by atoms with Crippen molar-refractivity contribution in [2.45, 2.75) is 50.2 Å². The van der Waals surface area contributed by atoms with Crippen LogP contribution >= 0.6 is 0 Å². The summed E-state index contributed by atoms with van der Waals surface area (Å²) in [4.78, 5) is 25.6. The second kappa shape index (κ2) is 12.1. The highest BCUT2D eigenvalue weighted by atomic mass is 16.2. The maximum absolute atomic E-state index is 12.9. The van der Waals surface area contributed by atoms with Crippen LogP contribution in [0.2, 0.25) is 0 Å². The molecule has 1 fully saturated rings. The predicted molar refractivity (Wildman–Crippen MR) is 135 cm³/mol. The Morgan fingerprint density at radius 2 is 1.47 bits per heavy atom. The molecule has 4 rings (SSSR count). The lowest BCUT2D eigenvalue weighted by atomic mass is 10.1. The fourth-order valence-corrected chi connectivity index (χ4v) is 4.26. The van der Waals surface area contributed by atoms with Crippen LogP contribution in [-0.2, 0) is 11.3 Å². The van der Waals surface area contributed by atoms with Gasteiger partial charge in [0.2, 0.25) is 5.91 Å². The number of carbonyl (C=O) groups excluding carboxylic acids is 2. The molecule has 3 N–H and O–H groups in total. The summed E-state index contributed by atoms with van der Waals surface area (Å²) < 4.78 is 0. The third kappa shape index (κ3) is 7.03. The summed E-state index contributed by atoms with van der Waals surface area (Å²) in [5.41, 5.74) is 3.00. The molecule has 1 unspecified atom stereocenters. The maximum Gasteiger partial charge on any atom is 0.251 e. The molecular formula is C29H33N3O2. The van der Waals surface area contributed by atoms with Gasteiger partial charge in [0.05, 0.1) is 0 Å². The molecule has 0 heterocycles. The molecule has 3 atom stereocenters. The minimum Gasteiger partial charge on any atom is -0.350 e. The van der Waals surface area contributed by atoms with E-state index in [-0.39, 0.29) is 11.8 Å². The Kier molecular flexibility index (Phi) is 8.47. The summed E-state index contributed by atoms with van der Waals surface area (Å²) in [5.74, 6) is 0.248. The van der Waals surface area contributed by atoms with Crippen molar-refractivity contribution in [2.75, 3.05) is 6.54 Å². The summed E-state index contributed by atoms with van der Waals surface area (Å²) in [7, 11) is 0. The second-order valence-electron chi connectivity index (χ2n) is 8.90. The van der Waals surface area contributed by atoms with Gasteiger partial charge in [-0.15, -0.1) is 0 Å². The van der Waals surface area contributed by atoms with Crippen LogP contribution in [0.15, 0.2) is 91.0 Å². The molecule has 5 nitrogen and oxygen atoms in total. The minimum absolute atomic E-state index is 0.146. The zero-order valence-electron chi connectivity index (χ0n) is 19.5. The van der Waals surface area contributed by atoms with E-state index in [2.05, 4.69) is 46.3 Å². The van der Waals surface area contributed by atoms with Crippen LogP contribution in [0.4, 0.5) is 0 Å². The Bertz CT molecular complexity index is 1040. The molecule has 0 radical (unpaired) electrons. The van der Waals surface area contributed by atoms with E-state index >= 15 is 0 Å². The first kappa shape index (κ1) is 23.7. The Hall–Kier alpha value is -3.44. The summed E-state index contributed by atoms with van der Waals surface area (Å²) in [6.45, 7) is 1.36. The van der Waals surface area contributed by atoms with Crippen LogP contribution in [0.5, 0.6) is 0 Å². The average Bonchev–Trinajstić information content (AvgIpc) is 3.67. The first-order chi connectivity index (χ1) is 16.7. The van der Waals surface area contributed by atoms with E-state index in [1.807, 2.05) is 48.5 Å². The van der Waals surface area contributed by atoms with E-state index in [0.717, 1.165) is 24.9 Å². The van der Waals surface area contributed by atoms with Crippen molar-refractivity contribution in [3.63, 3.8) is 0 Å². The van der Waals surface area contributed by atoms with Gasteiger partial charge < -0.3 is 16.0 Å². The van der Waals surface area contributed by atoms with Gasteiger partial charge in [-0.3, -0.25) is 9.59 Å². The van der Waals surface area contributed by atoms with Crippen molar-refractivity contribution in [3.8, 4) is 0 Å². The lowest BCUT2D eigenvalue weighted by Gasteiger charge is -2.19. The van der Waals surface area contributed by atoms with Gasteiger partial charge in [-0.1, -0.05) is 78.9 Å². The number of benzene rings is 3. The molecule has 0 aliphatic heterocycles. The van der Waals surface area contributed by atoms with Crippen LogP contribution in [-0.4, -0.2) is 30.4 Å². The Morgan fingerprint density at radius 1 is 0.824 bits per heavy atom. The largest absolute Gasteiger partial charge is 0.350 e. The zero-order chi connectivity index (χ0) is 23.6. The minimum atomic E-state index is -0.561. The molecule has 2 amide bonds. The fourth-order valence-electron chi connectivity index (χ4n) is 4.26. The van der Waals surface area contributed by atoms with Crippen LogP contribution in [0.25, 0.3) is 0 Å². The summed E-state index contributed by atoms with van der Waals surface area (Å²) in [6, 6.07) is 29.5. The molecule has 3 aromatic rings. The van der Waals surface area contributed by atoms with E-state index in [0.29, 0.717) is 30.5 Å². The molecule has 1 saturated carbocycles. The van der Waals surface area contributed by atoms with E-state index in [9.17, 15) is 9.59 Å². The molecule has 1 aliphatic carbocycles. The van der Waals surface area contributed by atoms with Crippen LogP contribution in [0.1, 0.15) is 53.1 Å². The average molecular weight is 456 g/mol. The molecule has 0 bridgehead atoms. The second-order valence-corrected chi connectivity index (χ2v) is 8.90. The van der Waals surface area contributed by atoms with Crippen LogP contribution in [0.3, 0.4) is 0 Å². The normalized spacial score (nSPS) is 17.5. The van der Waals surface area contributed by atoms with Crippen LogP contribution < -0.4 is 16.0 Å². The van der Waals surface area contributed by atoms with E-state index in [1.165, 1.54) is 12.0 Å². The number of rotatable bonds is 12. The SMILES string of the molecule is O=C(N[C@@H](CCCCN[C@H]1CC1c1ccccc1)C(=O)NCc1ccccc1)c1ccccc1. The van der Waals surface area contributed by atoms with Crippen LogP contribution in [0, 0.1) is 0 Å². The molecule has 1 aliphatic rings. The van der Waals surface area contributed by atoms with E-state index < -0.39 is 6.04 Å². The van der Waals surface area contributed by atoms with Crippen molar-refractivity contribution in [3.05, 3.63) is 108 Å². The standard InChI is InChI=1S/C29H33N3O2/c33-28(24-16-8-3-9-17-24)32-26(29(34)31-21-22-12-4-1-5-13-22)18-10-11-19-30-27-20-25(27)23-14-6-2-7-15-23/h1-9,12-17,25-27,30H,10-11,18-21H2,(H,31,34)(H,32,33)/t25?,26-,27-/m0/s1. The fraction of sp³-hybridized carbons (Fsp3) is 0.310. The number of nitrogens with one attached hydrogen (secondary N) is 3. The molecular weight excluding hydrogens is 422 g/mol. The predicted octanol–water partition coefficient (Wildman–Crippen LogP) is 4.42. The molecule has 0 aromatic heterocycles. The topological polar surface area (TPSA) is 70.2 Å². The highest BCUT2D eigenvalue weighted by Crippen LogP contribution is 2.40. The van der Waals surface area contributed by atoms with Gasteiger partial charge in [0.15, 0.2) is 0 Å². The molecule has 0 saturated heterocycles. The van der Waals surface area contributed by atoms with Gasteiger partial charge in [-0.25, -0.2) is 0 Å². The maximum atomic E-state index is 12.9. The van der Waals surface area contributed by atoms with Gasteiger partial charge in [-0.05, 0) is 55.5 Å². The molecule has 3 aromatic carbocycles. The highest BCUT2D eigenvalue weighted by molar-refractivity contribution is 5.97.